The highest BCUT2D eigenvalue weighted by atomic mass is 32.2. The van der Waals surface area contributed by atoms with Gasteiger partial charge in [-0.1, -0.05) is 0 Å². The van der Waals surface area contributed by atoms with Gasteiger partial charge in [-0.05, 0) is 61.4 Å². The Hall–Kier alpha value is -2.34. The summed E-state index contributed by atoms with van der Waals surface area (Å²) in [6.45, 7) is 0. The van der Waals surface area contributed by atoms with Crippen molar-refractivity contribution in [2.45, 2.75) is 17.7 Å². The first-order chi connectivity index (χ1) is 11.6. The first-order valence-corrected chi connectivity index (χ1v) is 8.68. The molecular formula is C18H17FN2O2S. The van der Waals surface area contributed by atoms with E-state index >= 15 is 0 Å². The first-order valence-electron chi connectivity index (χ1n) is 7.69. The first kappa shape index (κ1) is 16.5. The van der Waals surface area contributed by atoms with Crippen LogP contribution < -0.4 is 10.6 Å². The van der Waals surface area contributed by atoms with Crippen molar-refractivity contribution in [2.24, 2.45) is 5.92 Å². The summed E-state index contributed by atoms with van der Waals surface area (Å²) in [6.07, 6.45) is 1.95. The molecule has 0 spiro atoms. The number of amides is 2. The number of nitrogens with one attached hydrogen (secondary N) is 2. The maximum atomic E-state index is 12.8. The monoisotopic (exact) mass is 344 g/mol. The highest BCUT2D eigenvalue weighted by molar-refractivity contribution is 8.00. The van der Waals surface area contributed by atoms with Crippen LogP contribution >= 0.6 is 11.8 Å². The van der Waals surface area contributed by atoms with E-state index in [4.69, 9.17) is 0 Å². The molecule has 2 N–H and O–H groups in total. The third-order valence-electron chi connectivity index (χ3n) is 3.57. The van der Waals surface area contributed by atoms with Crippen LogP contribution in [-0.4, -0.2) is 17.6 Å². The van der Waals surface area contributed by atoms with Gasteiger partial charge in [-0.15, -0.1) is 11.8 Å². The molecule has 6 heteroatoms. The van der Waals surface area contributed by atoms with Crippen LogP contribution in [0.4, 0.5) is 15.8 Å². The van der Waals surface area contributed by atoms with Crippen molar-refractivity contribution in [1.29, 1.82) is 0 Å². The minimum atomic E-state index is -0.337. The molecule has 0 unspecified atom stereocenters. The molecule has 1 saturated carbocycles. The van der Waals surface area contributed by atoms with Gasteiger partial charge < -0.3 is 10.6 Å². The van der Waals surface area contributed by atoms with Gasteiger partial charge in [-0.25, -0.2) is 4.39 Å². The summed E-state index contributed by atoms with van der Waals surface area (Å²) in [7, 11) is 0. The number of benzene rings is 2. The van der Waals surface area contributed by atoms with Crippen LogP contribution in [0.2, 0.25) is 0 Å². The molecule has 2 aromatic rings. The van der Waals surface area contributed by atoms with E-state index in [1.54, 1.807) is 0 Å². The quantitative estimate of drug-likeness (QED) is 0.781. The molecule has 1 aliphatic rings. The van der Waals surface area contributed by atoms with Crippen molar-refractivity contribution in [3.63, 3.8) is 0 Å². The van der Waals surface area contributed by atoms with E-state index in [0.29, 0.717) is 5.69 Å². The van der Waals surface area contributed by atoms with Crippen LogP contribution in [0.3, 0.4) is 0 Å². The van der Waals surface area contributed by atoms with Crippen LogP contribution in [0.15, 0.2) is 53.4 Å². The average molecular weight is 344 g/mol. The molecule has 0 aromatic heterocycles. The predicted octanol–water partition coefficient (Wildman–Crippen LogP) is 3.91. The zero-order valence-electron chi connectivity index (χ0n) is 12.9. The number of thioether (sulfide) groups is 1. The summed E-state index contributed by atoms with van der Waals surface area (Å²) in [5, 5.41) is 5.59. The number of hydrogen-bond acceptors (Lipinski definition) is 3. The fraction of sp³-hybridized carbons (Fsp3) is 0.222. The molecule has 0 bridgehead atoms. The Labute approximate surface area is 143 Å². The van der Waals surface area contributed by atoms with E-state index in [-0.39, 0.29) is 29.3 Å². The van der Waals surface area contributed by atoms with Crippen LogP contribution in [0.1, 0.15) is 12.8 Å². The Balaban J connectivity index is 1.46. The number of carbonyl (C=O) groups excluding carboxylic acids is 2. The number of carbonyl (C=O) groups is 2. The maximum absolute atomic E-state index is 12.8. The Morgan fingerprint density at radius 2 is 1.54 bits per heavy atom. The number of hydrogen-bond donors (Lipinski definition) is 2. The van der Waals surface area contributed by atoms with Crippen molar-refractivity contribution < 1.29 is 14.0 Å². The summed E-state index contributed by atoms with van der Waals surface area (Å²) in [4.78, 5) is 24.5. The molecule has 0 heterocycles. The molecule has 1 fully saturated rings. The fourth-order valence-corrected chi connectivity index (χ4v) is 2.80. The van der Waals surface area contributed by atoms with Gasteiger partial charge in [-0.3, -0.25) is 9.59 Å². The summed E-state index contributed by atoms with van der Waals surface area (Å²) in [6, 6.07) is 13.1. The zero-order valence-corrected chi connectivity index (χ0v) is 13.7. The lowest BCUT2D eigenvalue weighted by molar-refractivity contribution is -0.117. The van der Waals surface area contributed by atoms with Crippen LogP contribution in [0.5, 0.6) is 0 Å². The summed E-state index contributed by atoms with van der Waals surface area (Å²) < 4.78 is 12.8. The van der Waals surface area contributed by atoms with Crippen molar-refractivity contribution in [3.05, 3.63) is 54.3 Å². The van der Waals surface area contributed by atoms with Gasteiger partial charge in [0.2, 0.25) is 11.8 Å². The van der Waals surface area contributed by atoms with Gasteiger partial charge in [0.1, 0.15) is 5.82 Å². The molecule has 2 amide bonds. The fourth-order valence-electron chi connectivity index (χ4n) is 2.10. The van der Waals surface area contributed by atoms with Crippen molar-refractivity contribution in [1.82, 2.24) is 0 Å². The minimum Gasteiger partial charge on any atom is -0.326 e. The second-order valence-corrected chi connectivity index (χ2v) is 6.68. The second-order valence-electron chi connectivity index (χ2n) is 5.63. The number of halogens is 1. The Morgan fingerprint density at radius 3 is 2.17 bits per heavy atom. The Morgan fingerprint density at radius 1 is 0.958 bits per heavy atom. The van der Waals surface area contributed by atoms with E-state index in [9.17, 15) is 14.0 Å². The highest BCUT2D eigenvalue weighted by Gasteiger charge is 2.29. The molecule has 0 atom stereocenters. The largest absolute Gasteiger partial charge is 0.326 e. The van der Waals surface area contributed by atoms with Gasteiger partial charge >= 0.3 is 0 Å². The molecule has 124 valence electrons. The van der Waals surface area contributed by atoms with Crippen LogP contribution in [-0.2, 0) is 9.59 Å². The third-order valence-corrected chi connectivity index (χ3v) is 4.58. The van der Waals surface area contributed by atoms with Crippen molar-refractivity contribution in [3.8, 4) is 0 Å². The van der Waals surface area contributed by atoms with Crippen molar-refractivity contribution in [2.75, 3.05) is 16.4 Å². The maximum Gasteiger partial charge on any atom is 0.234 e. The Bertz CT molecular complexity index is 728. The second kappa shape index (κ2) is 7.49. The minimum absolute atomic E-state index is 0.0779. The summed E-state index contributed by atoms with van der Waals surface area (Å²) in [5.41, 5.74) is 1.34. The molecular weight excluding hydrogens is 327 g/mol. The van der Waals surface area contributed by atoms with Gasteiger partial charge in [0, 0.05) is 22.2 Å². The van der Waals surface area contributed by atoms with Crippen molar-refractivity contribution >= 4 is 35.0 Å². The highest BCUT2D eigenvalue weighted by Crippen LogP contribution is 2.30. The smallest absolute Gasteiger partial charge is 0.234 e. The number of rotatable bonds is 6. The molecule has 0 radical (unpaired) electrons. The molecule has 2 aromatic carbocycles. The van der Waals surface area contributed by atoms with E-state index in [1.807, 2.05) is 24.3 Å². The predicted molar refractivity (Wildman–Crippen MR) is 93.5 cm³/mol. The van der Waals surface area contributed by atoms with Crippen LogP contribution in [0, 0.1) is 11.7 Å². The molecule has 1 aliphatic carbocycles. The molecule has 3 rings (SSSR count). The zero-order chi connectivity index (χ0) is 16.9. The van der Waals surface area contributed by atoms with E-state index in [1.165, 1.54) is 36.0 Å². The van der Waals surface area contributed by atoms with Gasteiger partial charge in [-0.2, -0.15) is 0 Å². The van der Waals surface area contributed by atoms with E-state index in [0.717, 1.165) is 23.4 Å². The molecule has 24 heavy (non-hydrogen) atoms. The number of anilines is 2. The lowest BCUT2D eigenvalue weighted by Gasteiger charge is -2.07. The third kappa shape index (κ3) is 4.83. The molecule has 4 nitrogen and oxygen atoms in total. The summed E-state index contributed by atoms with van der Waals surface area (Å²) in [5.74, 6) is 0.0165. The molecule has 0 saturated heterocycles. The van der Waals surface area contributed by atoms with Gasteiger partial charge in [0.25, 0.3) is 0 Å². The lowest BCUT2D eigenvalue weighted by atomic mass is 10.3. The average Bonchev–Trinajstić information content (AvgIpc) is 3.41. The van der Waals surface area contributed by atoms with Crippen LogP contribution in [0.25, 0.3) is 0 Å². The van der Waals surface area contributed by atoms with Gasteiger partial charge in [0.15, 0.2) is 0 Å². The topological polar surface area (TPSA) is 58.2 Å². The standard InChI is InChI=1S/C18H17FN2O2S/c19-13-3-5-14(6-4-13)20-17(22)11-24-16-9-7-15(8-10-16)21-18(23)12-1-2-12/h3-10,12H,1-2,11H2,(H,20,22)(H,21,23). The summed E-state index contributed by atoms with van der Waals surface area (Å²) >= 11 is 1.40. The normalized spacial score (nSPS) is 13.4. The van der Waals surface area contributed by atoms with Gasteiger partial charge in [0.05, 0.1) is 5.75 Å². The molecule has 0 aliphatic heterocycles. The lowest BCUT2D eigenvalue weighted by Crippen LogP contribution is -2.14. The SMILES string of the molecule is O=C(CSc1ccc(NC(=O)C2CC2)cc1)Nc1ccc(F)cc1. The Kier molecular flexibility index (Phi) is 5.15. The van der Waals surface area contributed by atoms with E-state index in [2.05, 4.69) is 10.6 Å². The van der Waals surface area contributed by atoms with E-state index < -0.39 is 0 Å².